The first-order valence-electron chi connectivity index (χ1n) is 7.62. The highest BCUT2D eigenvalue weighted by atomic mass is 32.2. The average Bonchev–Trinajstić information content (AvgIpc) is 3.10. The number of carbonyl (C=O) groups is 2. The summed E-state index contributed by atoms with van der Waals surface area (Å²) in [6.07, 6.45) is -0.239. The van der Waals surface area contributed by atoms with E-state index in [0.717, 1.165) is 16.2 Å². The van der Waals surface area contributed by atoms with Gasteiger partial charge in [0.1, 0.15) is 5.54 Å². The van der Waals surface area contributed by atoms with Gasteiger partial charge in [0.25, 0.3) is 5.91 Å². The van der Waals surface area contributed by atoms with Crippen LogP contribution in [0.25, 0.3) is 0 Å². The molecule has 2 fully saturated rings. The van der Waals surface area contributed by atoms with Crippen molar-refractivity contribution in [1.82, 2.24) is 10.2 Å². The summed E-state index contributed by atoms with van der Waals surface area (Å²) < 4.78 is 5.46. The van der Waals surface area contributed by atoms with Crippen LogP contribution in [-0.2, 0) is 16.1 Å². The molecule has 7 heteroatoms. The molecule has 0 radical (unpaired) electrons. The second-order valence-electron chi connectivity index (χ2n) is 5.89. The molecule has 2 atom stereocenters. The Hall–Kier alpha value is -1.57. The lowest BCUT2D eigenvalue weighted by atomic mass is 9.99. The van der Waals surface area contributed by atoms with Crippen LogP contribution in [0.1, 0.15) is 12.0 Å². The van der Waals surface area contributed by atoms with Crippen molar-refractivity contribution in [2.45, 2.75) is 24.7 Å². The van der Waals surface area contributed by atoms with Gasteiger partial charge in [0.05, 0.1) is 25.9 Å². The van der Waals surface area contributed by atoms with Crippen LogP contribution in [0.15, 0.2) is 30.3 Å². The van der Waals surface area contributed by atoms with Gasteiger partial charge in [-0.1, -0.05) is 30.3 Å². The highest BCUT2D eigenvalue weighted by Gasteiger charge is 2.53. The number of carbonyl (C=O) groups excluding carboxylic acids is 2. The van der Waals surface area contributed by atoms with Crippen molar-refractivity contribution in [2.75, 3.05) is 24.7 Å². The van der Waals surface area contributed by atoms with E-state index < -0.39 is 17.7 Å². The van der Waals surface area contributed by atoms with Crippen molar-refractivity contribution in [3.05, 3.63) is 35.9 Å². The van der Waals surface area contributed by atoms with Crippen molar-refractivity contribution in [2.24, 2.45) is 0 Å². The zero-order valence-electron chi connectivity index (χ0n) is 12.7. The van der Waals surface area contributed by atoms with E-state index in [1.165, 1.54) is 0 Å². The van der Waals surface area contributed by atoms with E-state index in [-0.39, 0.29) is 19.1 Å². The molecule has 23 heavy (non-hydrogen) atoms. The number of aliphatic hydroxyl groups is 1. The number of benzene rings is 1. The van der Waals surface area contributed by atoms with Gasteiger partial charge in [-0.3, -0.25) is 9.69 Å². The molecule has 0 bridgehead atoms. The van der Waals surface area contributed by atoms with Gasteiger partial charge in [0.2, 0.25) is 0 Å². The fourth-order valence-corrected chi connectivity index (χ4v) is 4.15. The third kappa shape index (κ3) is 3.52. The number of aliphatic hydroxyl groups excluding tert-OH is 1. The number of amides is 3. The summed E-state index contributed by atoms with van der Waals surface area (Å²) in [5.74, 6) is 1.24. The van der Waals surface area contributed by atoms with Crippen LogP contribution in [0.3, 0.4) is 0 Å². The summed E-state index contributed by atoms with van der Waals surface area (Å²) in [6.45, 7) is 0.429. The van der Waals surface area contributed by atoms with E-state index in [1.807, 2.05) is 30.3 Å². The van der Waals surface area contributed by atoms with Crippen LogP contribution in [-0.4, -0.2) is 58.2 Å². The van der Waals surface area contributed by atoms with Crippen molar-refractivity contribution in [3.63, 3.8) is 0 Å². The Kier molecular flexibility index (Phi) is 4.89. The minimum Gasteiger partial charge on any atom is -0.389 e. The summed E-state index contributed by atoms with van der Waals surface area (Å²) >= 11 is 1.66. The minimum absolute atomic E-state index is 0.0358. The Balaban J connectivity index is 1.49. The van der Waals surface area contributed by atoms with E-state index in [9.17, 15) is 14.7 Å². The Morgan fingerprint density at radius 1 is 1.35 bits per heavy atom. The zero-order chi connectivity index (χ0) is 16.3. The van der Waals surface area contributed by atoms with Gasteiger partial charge in [-0.15, -0.1) is 0 Å². The largest absolute Gasteiger partial charge is 0.389 e. The summed E-state index contributed by atoms with van der Waals surface area (Å²) in [6, 6.07) is 9.21. The molecule has 2 aliphatic rings. The number of thioether (sulfide) groups is 1. The van der Waals surface area contributed by atoms with E-state index in [2.05, 4.69) is 5.32 Å². The van der Waals surface area contributed by atoms with Crippen LogP contribution < -0.4 is 5.32 Å². The molecule has 1 aromatic rings. The fourth-order valence-electron chi connectivity index (χ4n) is 2.82. The molecule has 124 valence electrons. The molecule has 3 amide bonds. The predicted molar refractivity (Wildman–Crippen MR) is 87.0 cm³/mol. The summed E-state index contributed by atoms with van der Waals surface area (Å²) in [7, 11) is 0. The lowest BCUT2D eigenvalue weighted by molar-refractivity contribution is -0.131. The van der Waals surface area contributed by atoms with Crippen LogP contribution in [0.4, 0.5) is 4.79 Å². The van der Waals surface area contributed by atoms with Gasteiger partial charge in [0, 0.05) is 5.75 Å². The zero-order valence-corrected chi connectivity index (χ0v) is 13.6. The first-order chi connectivity index (χ1) is 11.1. The molecule has 0 aromatic heterocycles. The third-order valence-corrected chi connectivity index (χ3v) is 5.27. The Bertz CT molecular complexity index is 575. The maximum Gasteiger partial charge on any atom is 0.325 e. The quantitative estimate of drug-likeness (QED) is 0.758. The van der Waals surface area contributed by atoms with Crippen molar-refractivity contribution in [3.8, 4) is 0 Å². The number of nitrogens with one attached hydrogen (secondary N) is 1. The highest BCUT2D eigenvalue weighted by molar-refractivity contribution is 7.99. The van der Waals surface area contributed by atoms with Crippen molar-refractivity contribution >= 4 is 23.7 Å². The first kappa shape index (κ1) is 16.3. The fraction of sp³-hybridized carbons (Fsp3) is 0.500. The molecule has 0 aliphatic carbocycles. The molecule has 0 saturated carbocycles. The number of hydrogen-bond donors (Lipinski definition) is 2. The van der Waals surface area contributed by atoms with Crippen molar-refractivity contribution in [1.29, 1.82) is 0 Å². The molecule has 1 aromatic carbocycles. The SMILES string of the molecule is O=C1N[C@@]2(CCSC2)C(=O)N1C[C@@H](O)COCc1ccccc1. The summed E-state index contributed by atoms with van der Waals surface area (Å²) in [5.41, 5.74) is 0.253. The van der Waals surface area contributed by atoms with Gasteiger partial charge in [0.15, 0.2) is 0 Å². The Labute approximate surface area is 139 Å². The molecular formula is C16H20N2O4S. The van der Waals surface area contributed by atoms with Gasteiger partial charge < -0.3 is 15.2 Å². The van der Waals surface area contributed by atoms with Crippen LogP contribution in [0.2, 0.25) is 0 Å². The number of hydrogen-bond acceptors (Lipinski definition) is 5. The van der Waals surface area contributed by atoms with Gasteiger partial charge in [-0.05, 0) is 17.7 Å². The minimum atomic E-state index is -0.891. The third-order valence-electron chi connectivity index (χ3n) is 4.08. The Morgan fingerprint density at radius 2 is 2.13 bits per heavy atom. The number of ether oxygens (including phenoxy) is 1. The van der Waals surface area contributed by atoms with Gasteiger partial charge in [-0.25, -0.2) is 4.79 Å². The molecule has 1 spiro atoms. The van der Waals surface area contributed by atoms with Gasteiger partial charge >= 0.3 is 6.03 Å². The van der Waals surface area contributed by atoms with E-state index in [0.29, 0.717) is 18.8 Å². The average molecular weight is 336 g/mol. The topological polar surface area (TPSA) is 78.9 Å². The molecule has 3 rings (SSSR count). The monoisotopic (exact) mass is 336 g/mol. The maximum absolute atomic E-state index is 12.4. The number of β-amino-alcohol motifs (C(OH)–C–C–N with tert-alkyl or cyclic N) is 1. The van der Waals surface area contributed by atoms with E-state index in [1.54, 1.807) is 11.8 Å². The van der Waals surface area contributed by atoms with Crippen LogP contribution in [0, 0.1) is 0 Å². The molecule has 0 unspecified atom stereocenters. The normalized spacial score (nSPS) is 25.2. The maximum atomic E-state index is 12.4. The lowest BCUT2D eigenvalue weighted by Crippen LogP contribution is -2.47. The summed E-state index contributed by atoms with van der Waals surface area (Å²) in [4.78, 5) is 25.6. The standard InChI is InChI=1S/C16H20N2O4S/c19-13(10-22-9-12-4-2-1-3-5-12)8-18-14(20)16(17-15(18)21)6-7-23-11-16/h1-5,13,19H,6-11H2,(H,17,21)/t13-,16-/m1/s1. The number of nitrogens with zero attached hydrogens (tertiary/aromatic N) is 1. The molecule has 2 heterocycles. The first-order valence-corrected chi connectivity index (χ1v) is 8.78. The molecule has 6 nitrogen and oxygen atoms in total. The number of rotatable bonds is 6. The molecular weight excluding hydrogens is 316 g/mol. The molecule has 2 aliphatic heterocycles. The smallest absolute Gasteiger partial charge is 0.325 e. The van der Waals surface area contributed by atoms with Gasteiger partial charge in [-0.2, -0.15) is 11.8 Å². The second-order valence-corrected chi connectivity index (χ2v) is 6.99. The highest BCUT2D eigenvalue weighted by Crippen LogP contribution is 2.33. The van der Waals surface area contributed by atoms with E-state index >= 15 is 0 Å². The number of urea groups is 1. The van der Waals surface area contributed by atoms with Crippen LogP contribution in [0.5, 0.6) is 0 Å². The molecule has 2 saturated heterocycles. The number of imide groups is 1. The Morgan fingerprint density at radius 3 is 2.83 bits per heavy atom. The van der Waals surface area contributed by atoms with Crippen LogP contribution >= 0.6 is 11.8 Å². The van der Waals surface area contributed by atoms with Crippen molar-refractivity contribution < 1.29 is 19.4 Å². The molecule has 2 N–H and O–H groups in total. The second kappa shape index (κ2) is 6.90. The lowest BCUT2D eigenvalue weighted by Gasteiger charge is -2.21. The summed E-state index contributed by atoms with van der Waals surface area (Å²) in [5, 5.41) is 12.8. The van der Waals surface area contributed by atoms with E-state index in [4.69, 9.17) is 4.74 Å². The predicted octanol–water partition coefficient (Wildman–Crippen LogP) is 0.992.